The Morgan fingerprint density at radius 1 is 1.29 bits per heavy atom. The normalized spacial score (nSPS) is 12.2. The minimum Gasteiger partial charge on any atom is -0.497 e. The van der Waals surface area contributed by atoms with E-state index in [1.165, 1.54) is 5.56 Å². The van der Waals surface area contributed by atoms with Gasteiger partial charge in [0, 0.05) is 12.8 Å². The average molecular weight is 234 g/mol. The van der Waals surface area contributed by atoms with Crippen LogP contribution in [0.4, 0.5) is 0 Å². The summed E-state index contributed by atoms with van der Waals surface area (Å²) in [6.45, 7) is 4.18. The smallest absolute Gasteiger partial charge is 0.133 e. The number of carbonyl (C=O) groups is 1. The van der Waals surface area contributed by atoms with E-state index in [0.29, 0.717) is 24.5 Å². The van der Waals surface area contributed by atoms with Crippen LogP contribution in [-0.2, 0) is 11.2 Å². The molecule has 2 heteroatoms. The second-order valence-electron chi connectivity index (χ2n) is 4.65. The third kappa shape index (κ3) is 5.03. The zero-order valence-corrected chi connectivity index (χ0v) is 11.0. The molecule has 1 aromatic carbocycles. The van der Waals surface area contributed by atoms with Gasteiger partial charge in [0.05, 0.1) is 7.11 Å². The fourth-order valence-corrected chi connectivity index (χ4v) is 2.01. The van der Waals surface area contributed by atoms with Crippen LogP contribution in [0.1, 0.15) is 38.7 Å². The lowest BCUT2D eigenvalue weighted by Crippen LogP contribution is -2.07. The Bertz CT molecular complexity index is 340. The Morgan fingerprint density at radius 2 is 1.94 bits per heavy atom. The molecule has 2 nitrogen and oxygen atoms in total. The lowest BCUT2D eigenvalue weighted by Gasteiger charge is -2.10. The summed E-state index contributed by atoms with van der Waals surface area (Å²) >= 11 is 0. The van der Waals surface area contributed by atoms with Crippen molar-refractivity contribution in [1.29, 1.82) is 0 Å². The van der Waals surface area contributed by atoms with Crippen LogP contribution in [0.15, 0.2) is 24.3 Å². The topological polar surface area (TPSA) is 26.3 Å². The van der Waals surface area contributed by atoms with Crippen molar-refractivity contribution in [3.05, 3.63) is 29.8 Å². The summed E-state index contributed by atoms with van der Waals surface area (Å²) in [5, 5.41) is 0. The van der Waals surface area contributed by atoms with E-state index in [1.54, 1.807) is 7.11 Å². The predicted molar refractivity (Wildman–Crippen MR) is 70.4 cm³/mol. The largest absolute Gasteiger partial charge is 0.497 e. The van der Waals surface area contributed by atoms with E-state index in [9.17, 15) is 4.79 Å². The van der Waals surface area contributed by atoms with Crippen molar-refractivity contribution in [3.63, 3.8) is 0 Å². The summed E-state index contributed by atoms with van der Waals surface area (Å²) in [5.41, 5.74) is 1.27. The number of ether oxygens (including phenoxy) is 1. The van der Waals surface area contributed by atoms with Crippen molar-refractivity contribution in [2.75, 3.05) is 7.11 Å². The van der Waals surface area contributed by atoms with Gasteiger partial charge in [-0.3, -0.25) is 4.79 Å². The number of benzene rings is 1. The van der Waals surface area contributed by atoms with Crippen molar-refractivity contribution in [2.24, 2.45) is 5.92 Å². The van der Waals surface area contributed by atoms with Crippen LogP contribution in [0.25, 0.3) is 0 Å². The Morgan fingerprint density at radius 3 is 2.47 bits per heavy atom. The molecule has 1 unspecified atom stereocenters. The molecule has 1 aromatic rings. The second-order valence-corrected chi connectivity index (χ2v) is 4.65. The predicted octanol–water partition coefficient (Wildman–Crippen LogP) is 3.63. The number of ketones is 1. The van der Waals surface area contributed by atoms with Crippen molar-refractivity contribution in [1.82, 2.24) is 0 Å². The highest BCUT2D eigenvalue weighted by Gasteiger charge is 2.09. The maximum Gasteiger partial charge on any atom is 0.133 e. The highest BCUT2D eigenvalue weighted by Crippen LogP contribution is 2.17. The number of hydrogen-bond acceptors (Lipinski definition) is 2. The Labute approximate surface area is 104 Å². The number of hydrogen-bond donors (Lipinski definition) is 0. The minimum absolute atomic E-state index is 0.383. The lowest BCUT2D eigenvalue weighted by molar-refractivity contribution is -0.119. The van der Waals surface area contributed by atoms with Gasteiger partial charge in [0.1, 0.15) is 11.5 Å². The van der Waals surface area contributed by atoms with Crippen LogP contribution >= 0.6 is 0 Å². The van der Waals surface area contributed by atoms with Crippen LogP contribution < -0.4 is 4.74 Å². The third-order valence-electron chi connectivity index (χ3n) is 2.85. The molecule has 0 N–H and O–H groups in total. The van der Waals surface area contributed by atoms with Crippen molar-refractivity contribution in [3.8, 4) is 5.75 Å². The Hall–Kier alpha value is -1.31. The van der Waals surface area contributed by atoms with Gasteiger partial charge in [0.15, 0.2) is 0 Å². The SMILES string of the molecule is CCCC(=O)CC(C)Cc1ccc(OC)cc1. The minimum atomic E-state index is 0.383. The Balaban J connectivity index is 2.44. The molecule has 0 fully saturated rings. The van der Waals surface area contributed by atoms with E-state index in [2.05, 4.69) is 19.1 Å². The van der Waals surface area contributed by atoms with E-state index in [0.717, 1.165) is 18.6 Å². The first-order valence-corrected chi connectivity index (χ1v) is 6.30. The van der Waals surface area contributed by atoms with Gasteiger partial charge in [-0.1, -0.05) is 26.0 Å². The Kier molecular flexibility index (Phi) is 5.75. The zero-order chi connectivity index (χ0) is 12.7. The van der Waals surface area contributed by atoms with Crippen LogP contribution in [0.3, 0.4) is 0 Å². The molecular formula is C15H22O2. The molecule has 0 bridgehead atoms. The van der Waals surface area contributed by atoms with Crippen LogP contribution in [-0.4, -0.2) is 12.9 Å². The molecule has 0 aliphatic carbocycles. The molecular weight excluding hydrogens is 212 g/mol. The van der Waals surface area contributed by atoms with Crippen LogP contribution in [0.2, 0.25) is 0 Å². The quantitative estimate of drug-likeness (QED) is 0.720. The van der Waals surface area contributed by atoms with E-state index in [1.807, 2.05) is 19.1 Å². The molecule has 0 aromatic heterocycles. The fourth-order valence-electron chi connectivity index (χ4n) is 2.01. The maximum atomic E-state index is 11.5. The summed E-state index contributed by atoms with van der Waals surface area (Å²) in [7, 11) is 1.67. The summed E-state index contributed by atoms with van der Waals surface area (Å²) in [5.74, 6) is 1.68. The van der Waals surface area contributed by atoms with Gasteiger partial charge >= 0.3 is 0 Å². The van der Waals surface area contributed by atoms with Crippen LogP contribution in [0, 0.1) is 5.92 Å². The van der Waals surface area contributed by atoms with E-state index >= 15 is 0 Å². The molecule has 0 aliphatic heterocycles. The van der Waals surface area contributed by atoms with Gasteiger partial charge in [-0.05, 0) is 36.5 Å². The summed E-state index contributed by atoms with van der Waals surface area (Å²) in [6, 6.07) is 8.07. The van der Waals surface area contributed by atoms with E-state index < -0.39 is 0 Å². The summed E-state index contributed by atoms with van der Waals surface area (Å²) in [4.78, 5) is 11.5. The van der Waals surface area contributed by atoms with Gasteiger partial charge < -0.3 is 4.74 Å². The maximum absolute atomic E-state index is 11.5. The molecule has 0 radical (unpaired) electrons. The number of carbonyl (C=O) groups excluding carboxylic acids is 1. The van der Waals surface area contributed by atoms with Gasteiger partial charge in [-0.2, -0.15) is 0 Å². The molecule has 17 heavy (non-hydrogen) atoms. The summed E-state index contributed by atoms with van der Waals surface area (Å²) < 4.78 is 5.12. The monoisotopic (exact) mass is 234 g/mol. The van der Waals surface area contributed by atoms with Crippen LogP contribution in [0.5, 0.6) is 5.75 Å². The van der Waals surface area contributed by atoms with Crippen molar-refractivity contribution in [2.45, 2.75) is 39.5 Å². The molecule has 0 saturated heterocycles. The molecule has 0 spiro atoms. The highest BCUT2D eigenvalue weighted by atomic mass is 16.5. The first kappa shape index (κ1) is 13.8. The molecule has 94 valence electrons. The molecule has 0 heterocycles. The standard InChI is InChI=1S/C15H22O2/c1-4-5-14(16)11-12(2)10-13-6-8-15(17-3)9-7-13/h6-9,12H,4-5,10-11H2,1-3H3. The second kappa shape index (κ2) is 7.10. The van der Waals surface area contributed by atoms with Gasteiger partial charge in [0.2, 0.25) is 0 Å². The van der Waals surface area contributed by atoms with Gasteiger partial charge in [0.25, 0.3) is 0 Å². The molecule has 0 amide bonds. The van der Waals surface area contributed by atoms with E-state index in [4.69, 9.17) is 4.74 Å². The molecule has 1 atom stereocenters. The molecule has 1 rings (SSSR count). The third-order valence-corrected chi connectivity index (χ3v) is 2.85. The molecule has 0 aliphatic rings. The van der Waals surface area contributed by atoms with Crippen molar-refractivity contribution < 1.29 is 9.53 Å². The first-order chi connectivity index (χ1) is 8.15. The highest BCUT2D eigenvalue weighted by molar-refractivity contribution is 5.78. The number of rotatable bonds is 7. The zero-order valence-electron chi connectivity index (χ0n) is 11.0. The fraction of sp³-hybridized carbons (Fsp3) is 0.533. The van der Waals surface area contributed by atoms with E-state index in [-0.39, 0.29) is 0 Å². The number of methoxy groups -OCH3 is 1. The van der Waals surface area contributed by atoms with Crippen molar-refractivity contribution >= 4 is 5.78 Å². The lowest BCUT2D eigenvalue weighted by atomic mass is 9.95. The molecule has 0 saturated carbocycles. The van der Waals surface area contributed by atoms with Gasteiger partial charge in [-0.25, -0.2) is 0 Å². The number of Topliss-reactive ketones (excluding diaryl/α,β-unsaturated/α-hetero) is 1. The average Bonchev–Trinajstić information content (AvgIpc) is 2.30. The first-order valence-electron chi connectivity index (χ1n) is 6.30. The summed E-state index contributed by atoms with van der Waals surface area (Å²) in [6.07, 6.45) is 3.32. The van der Waals surface area contributed by atoms with Gasteiger partial charge in [-0.15, -0.1) is 0 Å².